The van der Waals surface area contributed by atoms with Crippen molar-refractivity contribution >= 4 is 17.5 Å². The summed E-state index contributed by atoms with van der Waals surface area (Å²) >= 11 is 0. The molecule has 2 heterocycles. The molecule has 3 rings (SSSR count). The lowest BCUT2D eigenvalue weighted by molar-refractivity contribution is 0.0943. The van der Waals surface area contributed by atoms with Crippen LogP contribution in [-0.4, -0.2) is 23.3 Å². The lowest BCUT2D eigenvalue weighted by Crippen LogP contribution is -2.31. The number of hydrogen-bond acceptors (Lipinski definition) is 3. The normalized spacial score (nSPS) is 15.8. The van der Waals surface area contributed by atoms with Gasteiger partial charge in [0.1, 0.15) is 5.69 Å². The highest BCUT2D eigenvalue weighted by atomic mass is 16.2. The van der Waals surface area contributed by atoms with Crippen molar-refractivity contribution in [3.8, 4) is 0 Å². The molecule has 3 N–H and O–H groups in total. The van der Waals surface area contributed by atoms with Gasteiger partial charge in [0.15, 0.2) is 0 Å². The van der Waals surface area contributed by atoms with Gasteiger partial charge >= 0.3 is 0 Å². The first-order chi connectivity index (χ1) is 11.4. The Morgan fingerprint density at radius 1 is 1.17 bits per heavy atom. The maximum Gasteiger partial charge on any atom is 0.271 e. The summed E-state index contributed by atoms with van der Waals surface area (Å²) in [5, 5.41) is 5.42. The lowest BCUT2D eigenvalue weighted by Gasteiger charge is -2.21. The topological polar surface area (TPSA) is 91.1 Å². The summed E-state index contributed by atoms with van der Waals surface area (Å²) in [5.74, 6) is -0.641. The zero-order chi connectivity index (χ0) is 17.3. The van der Waals surface area contributed by atoms with Gasteiger partial charge in [0.05, 0.1) is 5.56 Å². The number of hydrogen-bond donors (Lipinski definition) is 3. The monoisotopic (exact) mass is 325 g/mol. The molecular formula is C18H19N3O3. The highest BCUT2D eigenvalue weighted by Crippen LogP contribution is 2.25. The number of aromatic nitrogens is 1. The fourth-order valence-electron chi connectivity index (χ4n) is 2.74. The predicted molar refractivity (Wildman–Crippen MR) is 91.3 cm³/mol. The minimum absolute atomic E-state index is 0.0671. The molecule has 1 aliphatic heterocycles. The van der Waals surface area contributed by atoms with Crippen molar-refractivity contribution in [2.24, 2.45) is 5.41 Å². The second-order valence-electron chi connectivity index (χ2n) is 6.75. The summed E-state index contributed by atoms with van der Waals surface area (Å²) in [5.41, 5.74) is 0.929. The van der Waals surface area contributed by atoms with Crippen molar-refractivity contribution in [2.45, 2.75) is 20.3 Å². The van der Waals surface area contributed by atoms with Gasteiger partial charge in [-0.25, -0.2) is 0 Å². The van der Waals surface area contributed by atoms with Crippen LogP contribution < -0.4 is 16.2 Å². The molecule has 0 fully saturated rings. The Balaban J connectivity index is 1.95. The first kappa shape index (κ1) is 16.0. The van der Waals surface area contributed by atoms with E-state index in [-0.39, 0.29) is 17.0 Å². The molecule has 124 valence electrons. The van der Waals surface area contributed by atoms with Crippen LogP contribution in [0.25, 0.3) is 0 Å². The second kappa shape index (κ2) is 5.96. The molecule has 2 aromatic rings. The fourth-order valence-corrected chi connectivity index (χ4v) is 2.74. The molecule has 0 unspecified atom stereocenters. The minimum Gasteiger partial charge on any atom is -0.351 e. The van der Waals surface area contributed by atoms with Crippen molar-refractivity contribution in [1.82, 2.24) is 10.3 Å². The standard InChI is InChI=1S/C18H19N3O3/c1-18(2)9-14-12(16(23)19-10-18)8-13(17(24)21-14)20-15(22)11-6-4-3-5-7-11/h3-8H,9-10H2,1-2H3,(H,19,23)(H,20,22)(H,21,24). The zero-order valence-corrected chi connectivity index (χ0v) is 13.6. The molecule has 1 aromatic heterocycles. The van der Waals surface area contributed by atoms with E-state index in [4.69, 9.17) is 0 Å². The third-order valence-electron chi connectivity index (χ3n) is 4.03. The number of H-pyrrole nitrogens is 1. The Hall–Kier alpha value is -2.89. The molecule has 2 amide bonds. The summed E-state index contributed by atoms with van der Waals surface area (Å²) in [7, 11) is 0. The van der Waals surface area contributed by atoms with E-state index in [1.165, 1.54) is 6.07 Å². The number of benzene rings is 1. The van der Waals surface area contributed by atoms with Crippen LogP contribution in [-0.2, 0) is 6.42 Å². The molecule has 0 radical (unpaired) electrons. The Kier molecular flexibility index (Phi) is 3.97. The molecule has 24 heavy (non-hydrogen) atoms. The summed E-state index contributed by atoms with van der Waals surface area (Å²) in [6.07, 6.45) is 0.573. The number of aromatic amines is 1. The van der Waals surface area contributed by atoms with Crippen molar-refractivity contribution < 1.29 is 9.59 Å². The Bertz CT molecular complexity index is 854. The highest BCUT2D eigenvalue weighted by molar-refractivity contribution is 6.05. The third kappa shape index (κ3) is 3.22. The number of rotatable bonds is 2. The van der Waals surface area contributed by atoms with E-state index >= 15 is 0 Å². The number of pyridine rings is 1. The van der Waals surface area contributed by atoms with E-state index < -0.39 is 11.5 Å². The van der Waals surface area contributed by atoms with Crippen molar-refractivity contribution in [3.63, 3.8) is 0 Å². The van der Waals surface area contributed by atoms with E-state index in [2.05, 4.69) is 15.6 Å². The van der Waals surface area contributed by atoms with Crippen LogP contribution in [0.1, 0.15) is 40.3 Å². The smallest absolute Gasteiger partial charge is 0.271 e. The van der Waals surface area contributed by atoms with E-state index in [0.717, 1.165) is 0 Å². The number of nitrogens with one attached hydrogen (secondary N) is 3. The van der Waals surface area contributed by atoms with Gasteiger partial charge in [-0.1, -0.05) is 32.0 Å². The van der Waals surface area contributed by atoms with Crippen LogP contribution in [0.5, 0.6) is 0 Å². The molecule has 1 aliphatic rings. The van der Waals surface area contributed by atoms with Gasteiger partial charge < -0.3 is 15.6 Å². The number of amides is 2. The third-order valence-corrected chi connectivity index (χ3v) is 4.03. The average Bonchev–Trinajstić information content (AvgIpc) is 2.65. The van der Waals surface area contributed by atoms with Crippen LogP contribution in [0.4, 0.5) is 5.69 Å². The van der Waals surface area contributed by atoms with Crippen LogP contribution in [0.15, 0.2) is 41.2 Å². The highest BCUT2D eigenvalue weighted by Gasteiger charge is 2.28. The molecule has 6 heteroatoms. The van der Waals surface area contributed by atoms with E-state index in [0.29, 0.717) is 29.8 Å². The summed E-state index contributed by atoms with van der Waals surface area (Å²) in [4.78, 5) is 39.5. The molecule has 6 nitrogen and oxygen atoms in total. The van der Waals surface area contributed by atoms with Crippen LogP contribution in [0.3, 0.4) is 0 Å². The van der Waals surface area contributed by atoms with E-state index in [1.54, 1.807) is 30.3 Å². The van der Waals surface area contributed by atoms with Gasteiger partial charge in [-0.05, 0) is 30.0 Å². The van der Waals surface area contributed by atoms with Crippen LogP contribution in [0.2, 0.25) is 0 Å². The molecule has 0 saturated heterocycles. The van der Waals surface area contributed by atoms with Crippen LogP contribution in [0, 0.1) is 5.41 Å². The van der Waals surface area contributed by atoms with Crippen molar-refractivity contribution in [2.75, 3.05) is 11.9 Å². The maximum atomic E-state index is 12.3. The SMILES string of the molecule is CC1(C)CNC(=O)c2cc(NC(=O)c3ccccc3)c(=O)[nH]c2C1. The summed E-state index contributed by atoms with van der Waals surface area (Å²) < 4.78 is 0. The Morgan fingerprint density at radius 2 is 1.88 bits per heavy atom. The number of carbonyl (C=O) groups excluding carboxylic acids is 2. The largest absolute Gasteiger partial charge is 0.351 e. The van der Waals surface area contributed by atoms with E-state index in [9.17, 15) is 14.4 Å². The second-order valence-corrected chi connectivity index (χ2v) is 6.75. The van der Waals surface area contributed by atoms with Crippen molar-refractivity contribution in [3.05, 3.63) is 63.6 Å². The predicted octanol–water partition coefficient (Wildman–Crippen LogP) is 1.94. The molecule has 0 aliphatic carbocycles. The van der Waals surface area contributed by atoms with Crippen LogP contribution >= 0.6 is 0 Å². The minimum atomic E-state index is -0.413. The maximum absolute atomic E-state index is 12.3. The molecule has 0 saturated carbocycles. The summed E-state index contributed by atoms with van der Waals surface area (Å²) in [6, 6.07) is 10.0. The molecular weight excluding hydrogens is 306 g/mol. The number of fused-ring (bicyclic) bond motifs is 1. The van der Waals surface area contributed by atoms with E-state index in [1.807, 2.05) is 13.8 Å². The quantitative estimate of drug-likeness (QED) is 0.788. The average molecular weight is 325 g/mol. The summed E-state index contributed by atoms with van der Waals surface area (Å²) in [6.45, 7) is 4.56. The first-order valence-corrected chi connectivity index (χ1v) is 7.76. The Labute approximate surface area is 139 Å². The lowest BCUT2D eigenvalue weighted by atomic mass is 9.87. The van der Waals surface area contributed by atoms with Gasteiger partial charge in [0.25, 0.3) is 17.4 Å². The Morgan fingerprint density at radius 3 is 2.58 bits per heavy atom. The molecule has 0 atom stereocenters. The molecule has 1 aromatic carbocycles. The molecule has 0 spiro atoms. The number of carbonyl (C=O) groups is 2. The van der Waals surface area contributed by atoms with Gasteiger partial charge in [-0.15, -0.1) is 0 Å². The first-order valence-electron chi connectivity index (χ1n) is 7.76. The molecule has 0 bridgehead atoms. The number of anilines is 1. The zero-order valence-electron chi connectivity index (χ0n) is 13.6. The van der Waals surface area contributed by atoms with Gasteiger partial charge in [0.2, 0.25) is 0 Å². The van der Waals surface area contributed by atoms with Gasteiger partial charge in [-0.2, -0.15) is 0 Å². The fraction of sp³-hybridized carbons (Fsp3) is 0.278. The van der Waals surface area contributed by atoms with Crippen molar-refractivity contribution in [1.29, 1.82) is 0 Å². The van der Waals surface area contributed by atoms with Gasteiger partial charge in [0, 0.05) is 17.8 Å². The van der Waals surface area contributed by atoms with Gasteiger partial charge in [-0.3, -0.25) is 14.4 Å².